The van der Waals surface area contributed by atoms with Crippen LogP contribution in [0.5, 0.6) is 0 Å². The number of hydrogen-bond donors (Lipinski definition) is 1. The van der Waals surface area contributed by atoms with E-state index >= 15 is 4.39 Å². The molecule has 0 radical (unpaired) electrons. The Labute approximate surface area is 207 Å². The van der Waals surface area contributed by atoms with Crippen LogP contribution in [0.1, 0.15) is 44.2 Å². The summed E-state index contributed by atoms with van der Waals surface area (Å²) in [5.74, 6) is -1.71. The molecule has 2 amide bonds. The molecule has 0 aromatic heterocycles. The van der Waals surface area contributed by atoms with Crippen LogP contribution in [0.25, 0.3) is 6.08 Å². The zero-order chi connectivity index (χ0) is 24.2. The van der Waals surface area contributed by atoms with E-state index in [-0.39, 0.29) is 32.7 Å². The van der Waals surface area contributed by atoms with Crippen molar-refractivity contribution in [3.63, 3.8) is 0 Å². The fourth-order valence-electron chi connectivity index (χ4n) is 4.39. The first kappa shape index (κ1) is 23.7. The second-order valence-electron chi connectivity index (χ2n) is 8.97. The molecular formula is C24H22Cl2FN3O2S. The van der Waals surface area contributed by atoms with Gasteiger partial charge in [-0.2, -0.15) is 0 Å². The van der Waals surface area contributed by atoms with Crippen LogP contribution in [0.15, 0.2) is 35.9 Å². The van der Waals surface area contributed by atoms with Crippen LogP contribution >= 0.6 is 35.4 Å². The second kappa shape index (κ2) is 8.38. The van der Waals surface area contributed by atoms with Crippen LogP contribution in [-0.4, -0.2) is 29.5 Å². The normalized spacial score (nSPS) is 21.4. The van der Waals surface area contributed by atoms with E-state index in [0.29, 0.717) is 10.7 Å². The summed E-state index contributed by atoms with van der Waals surface area (Å²) in [6, 6.07) is 7.74. The number of thiocarbonyl (C=S) groups is 1. The molecule has 1 fully saturated rings. The maximum atomic E-state index is 15.1. The fourth-order valence-corrected chi connectivity index (χ4v) is 4.96. The minimum Gasteiger partial charge on any atom is -0.369 e. The highest BCUT2D eigenvalue weighted by Gasteiger charge is 2.37. The number of anilines is 2. The Morgan fingerprint density at radius 2 is 1.88 bits per heavy atom. The van der Waals surface area contributed by atoms with Gasteiger partial charge in [0.2, 0.25) is 0 Å². The Bertz CT molecular complexity index is 1240. The van der Waals surface area contributed by atoms with E-state index in [1.165, 1.54) is 24.3 Å². The number of halogens is 3. The average molecular weight is 506 g/mol. The SMILES string of the molecule is CC1CC(C)(C)N(C)c2cc(F)c(/C=C3/C(=O)NC(=S)N(c4ccc(Cl)c(Cl)c4)C3=O)cc21. The molecular weight excluding hydrogens is 484 g/mol. The van der Waals surface area contributed by atoms with Crippen LogP contribution in [-0.2, 0) is 9.59 Å². The molecule has 2 aromatic rings. The molecule has 5 nitrogen and oxygen atoms in total. The molecule has 1 saturated heterocycles. The van der Waals surface area contributed by atoms with E-state index in [9.17, 15) is 9.59 Å². The molecule has 0 saturated carbocycles. The molecule has 2 heterocycles. The minimum absolute atomic E-state index is 0.0936. The molecule has 4 rings (SSSR count). The van der Waals surface area contributed by atoms with Gasteiger partial charge in [0.15, 0.2) is 5.11 Å². The zero-order valence-corrected chi connectivity index (χ0v) is 20.8. The van der Waals surface area contributed by atoms with Crippen LogP contribution in [0, 0.1) is 5.82 Å². The van der Waals surface area contributed by atoms with Crippen molar-refractivity contribution in [3.05, 3.63) is 62.9 Å². The average Bonchev–Trinajstić information content (AvgIpc) is 2.72. The lowest BCUT2D eigenvalue weighted by Gasteiger charge is -2.45. The van der Waals surface area contributed by atoms with Gasteiger partial charge in [0.05, 0.1) is 15.7 Å². The predicted molar refractivity (Wildman–Crippen MR) is 135 cm³/mol. The summed E-state index contributed by atoms with van der Waals surface area (Å²) in [5, 5.41) is 2.94. The molecule has 1 atom stereocenters. The molecule has 0 aliphatic carbocycles. The molecule has 1 N–H and O–H groups in total. The van der Waals surface area contributed by atoms with Gasteiger partial charge in [-0.25, -0.2) is 4.39 Å². The van der Waals surface area contributed by atoms with Gasteiger partial charge in [0, 0.05) is 23.8 Å². The molecule has 2 aromatic carbocycles. The van der Waals surface area contributed by atoms with Crippen molar-refractivity contribution < 1.29 is 14.0 Å². The first-order chi connectivity index (χ1) is 15.4. The van der Waals surface area contributed by atoms with Crippen LogP contribution < -0.4 is 15.1 Å². The topological polar surface area (TPSA) is 52.7 Å². The quantitative estimate of drug-likeness (QED) is 0.323. The van der Waals surface area contributed by atoms with Crippen LogP contribution in [0.4, 0.5) is 15.8 Å². The first-order valence-corrected chi connectivity index (χ1v) is 11.5. The van der Waals surface area contributed by atoms with E-state index in [1.807, 2.05) is 7.05 Å². The summed E-state index contributed by atoms with van der Waals surface area (Å²) in [5.41, 5.74) is 1.92. The predicted octanol–water partition coefficient (Wildman–Crippen LogP) is 5.69. The van der Waals surface area contributed by atoms with Crippen LogP contribution in [0.2, 0.25) is 10.0 Å². The number of carbonyl (C=O) groups is 2. The summed E-state index contributed by atoms with van der Waals surface area (Å²) in [4.78, 5) is 29.1. The van der Waals surface area contributed by atoms with Crippen molar-refractivity contribution >= 4 is 69.8 Å². The Kier molecular flexibility index (Phi) is 6.01. The van der Waals surface area contributed by atoms with Gasteiger partial charge in [-0.15, -0.1) is 0 Å². The summed E-state index contributed by atoms with van der Waals surface area (Å²) in [6.07, 6.45) is 2.16. The van der Waals surface area contributed by atoms with E-state index in [1.54, 1.807) is 12.1 Å². The maximum Gasteiger partial charge on any atom is 0.270 e. The number of rotatable bonds is 2. The summed E-state index contributed by atoms with van der Waals surface area (Å²) >= 11 is 17.3. The molecule has 172 valence electrons. The highest BCUT2D eigenvalue weighted by atomic mass is 35.5. The molecule has 2 aliphatic rings. The van der Waals surface area contributed by atoms with E-state index in [4.69, 9.17) is 35.4 Å². The molecule has 2 aliphatic heterocycles. The molecule has 0 bridgehead atoms. The van der Waals surface area contributed by atoms with Crippen molar-refractivity contribution in [1.29, 1.82) is 0 Å². The highest BCUT2D eigenvalue weighted by molar-refractivity contribution is 7.80. The highest BCUT2D eigenvalue weighted by Crippen LogP contribution is 2.43. The minimum atomic E-state index is -0.690. The number of fused-ring (bicyclic) bond motifs is 1. The van der Waals surface area contributed by atoms with Crippen molar-refractivity contribution in [1.82, 2.24) is 5.32 Å². The van der Waals surface area contributed by atoms with E-state index in [0.717, 1.165) is 22.6 Å². The Morgan fingerprint density at radius 3 is 2.55 bits per heavy atom. The monoisotopic (exact) mass is 505 g/mol. The van der Waals surface area contributed by atoms with Crippen molar-refractivity contribution in [3.8, 4) is 0 Å². The van der Waals surface area contributed by atoms with Crippen molar-refractivity contribution in [2.75, 3.05) is 16.8 Å². The van der Waals surface area contributed by atoms with Crippen molar-refractivity contribution in [2.24, 2.45) is 0 Å². The van der Waals surface area contributed by atoms with Gasteiger partial charge < -0.3 is 4.90 Å². The first-order valence-electron chi connectivity index (χ1n) is 10.3. The molecule has 33 heavy (non-hydrogen) atoms. The van der Waals surface area contributed by atoms with Gasteiger partial charge in [-0.3, -0.25) is 19.8 Å². The zero-order valence-electron chi connectivity index (χ0n) is 18.5. The summed E-state index contributed by atoms with van der Waals surface area (Å²) in [6.45, 7) is 6.32. The van der Waals surface area contributed by atoms with Gasteiger partial charge in [-0.05, 0) is 80.4 Å². The van der Waals surface area contributed by atoms with Crippen LogP contribution in [0.3, 0.4) is 0 Å². The lowest BCUT2D eigenvalue weighted by atomic mass is 9.80. The van der Waals surface area contributed by atoms with E-state index < -0.39 is 17.6 Å². The Morgan fingerprint density at radius 1 is 1.18 bits per heavy atom. The Hall–Kier alpha value is -2.48. The molecule has 1 unspecified atom stereocenters. The maximum absolute atomic E-state index is 15.1. The Balaban J connectivity index is 1.77. The summed E-state index contributed by atoms with van der Waals surface area (Å²) in [7, 11) is 1.94. The number of nitrogens with zero attached hydrogens (tertiary/aromatic N) is 2. The number of hydrogen-bond acceptors (Lipinski definition) is 4. The third-order valence-electron chi connectivity index (χ3n) is 6.31. The second-order valence-corrected chi connectivity index (χ2v) is 10.2. The molecule has 9 heteroatoms. The number of carbonyl (C=O) groups excluding carboxylic acids is 2. The number of amides is 2. The van der Waals surface area contributed by atoms with Gasteiger partial charge in [0.1, 0.15) is 11.4 Å². The third kappa shape index (κ3) is 4.14. The van der Waals surface area contributed by atoms with Gasteiger partial charge >= 0.3 is 0 Å². The van der Waals surface area contributed by atoms with Gasteiger partial charge in [-0.1, -0.05) is 30.1 Å². The van der Waals surface area contributed by atoms with Gasteiger partial charge in [0.25, 0.3) is 11.8 Å². The standard InChI is InChI=1S/C24H22Cl2FN3O2S/c1-12-11-24(2,3)29(4)20-10-19(27)13(7-15(12)20)8-16-21(31)28-23(33)30(22(16)32)14-5-6-17(25)18(26)9-14/h5-10,12H,11H2,1-4H3,(H,28,31,33)/b16-8-. The van der Waals surface area contributed by atoms with E-state index in [2.05, 4.69) is 31.0 Å². The molecule has 0 spiro atoms. The third-order valence-corrected chi connectivity index (χ3v) is 7.34. The smallest absolute Gasteiger partial charge is 0.270 e. The number of nitrogens with one attached hydrogen (secondary N) is 1. The largest absolute Gasteiger partial charge is 0.369 e. The lowest BCUT2D eigenvalue weighted by molar-refractivity contribution is -0.122. The fraction of sp³-hybridized carbons (Fsp3) is 0.292. The number of benzene rings is 2. The van der Waals surface area contributed by atoms with Crippen molar-refractivity contribution in [2.45, 2.75) is 38.6 Å². The lowest BCUT2D eigenvalue weighted by Crippen LogP contribution is -2.54. The summed E-state index contributed by atoms with van der Waals surface area (Å²) < 4.78 is 15.1.